The third kappa shape index (κ3) is 6.52. The van der Waals surface area contributed by atoms with Crippen molar-refractivity contribution < 1.29 is 14.3 Å². The number of ether oxygens (including phenoxy) is 2. The van der Waals surface area contributed by atoms with Crippen molar-refractivity contribution in [2.75, 3.05) is 7.11 Å². The maximum Gasteiger partial charge on any atom is 0.262 e. The van der Waals surface area contributed by atoms with Crippen molar-refractivity contribution in [2.24, 2.45) is 0 Å². The van der Waals surface area contributed by atoms with Crippen molar-refractivity contribution in [2.45, 2.75) is 13.2 Å². The first-order valence-corrected chi connectivity index (χ1v) is 10.4. The number of carbonyl (C=O) groups is 1. The number of nitrogens with one attached hydrogen (secondary N) is 1. The van der Waals surface area contributed by atoms with E-state index < -0.39 is 5.91 Å². The van der Waals surface area contributed by atoms with Crippen LogP contribution in [-0.4, -0.2) is 13.0 Å². The van der Waals surface area contributed by atoms with Gasteiger partial charge in [0, 0.05) is 22.2 Å². The third-order valence-electron chi connectivity index (χ3n) is 4.58. The Kier molecular flexibility index (Phi) is 8.15. The Hall–Kier alpha value is -3.46. The second-order valence-corrected chi connectivity index (χ2v) is 7.64. The van der Waals surface area contributed by atoms with E-state index in [4.69, 9.17) is 32.7 Å². The molecule has 1 N–H and O–H groups in total. The van der Waals surface area contributed by atoms with Gasteiger partial charge in [-0.15, -0.1) is 0 Å². The zero-order chi connectivity index (χ0) is 22.9. The van der Waals surface area contributed by atoms with Crippen LogP contribution >= 0.6 is 23.2 Å². The Morgan fingerprint density at radius 1 is 1.03 bits per heavy atom. The van der Waals surface area contributed by atoms with Crippen LogP contribution in [0.1, 0.15) is 16.7 Å². The number of hydrogen-bond acceptors (Lipinski definition) is 4. The highest BCUT2D eigenvalue weighted by Crippen LogP contribution is 2.23. The number of halogens is 2. The number of amides is 1. The van der Waals surface area contributed by atoms with Gasteiger partial charge in [-0.25, -0.2) is 0 Å². The van der Waals surface area contributed by atoms with Crippen LogP contribution in [0.3, 0.4) is 0 Å². The first kappa shape index (κ1) is 23.2. The van der Waals surface area contributed by atoms with Crippen LogP contribution in [-0.2, 0) is 17.9 Å². The molecule has 0 heterocycles. The molecule has 0 aliphatic heterocycles. The fourth-order valence-electron chi connectivity index (χ4n) is 2.80. The Labute approximate surface area is 196 Å². The molecule has 0 fully saturated rings. The molecule has 0 aliphatic rings. The SMILES string of the molecule is COc1ccc(CNC(=O)/C(C#N)=C\c2ccc(OCc3ccc(Cl)cc3Cl)cc2)cc1. The molecule has 32 heavy (non-hydrogen) atoms. The van der Waals surface area contributed by atoms with Crippen molar-refractivity contribution in [3.8, 4) is 17.6 Å². The van der Waals surface area contributed by atoms with Crippen LogP contribution in [0.5, 0.6) is 11.5 Å². The van der Waals surface area contributed by atoms with Crippen molar-refractivity contribution in [1.29, 1.82) is 5.26 Å². The van der Waals surface area contributed by atoms with E-state index >= 15 is 0 Å². The molecular weight excluding hydrogens is 447 g/mol. The van der Waals surface area contributed by atoms with Gasteiger partial charge >= 0.3 is 0 Å². The summed E-state index contributed by atoms with van der Waals surface area (Å²) in [5.74, 6) is 0.929. The molecule has 0 bridgehead atoms. The number of hydrogen-bond donors (Lipinski definition) is 1. The van der Waals surface area contributed by atoms with Gasteiger partial charge in [0.1, 0.15) is 29.7 Å². The molecule has 162 valence electrons. The minimum atomic E-state index is -0.443. The lowest BCUT2D eigenvalue weighted by molar-refractivity contribution is -0.117. The number of rotatable bonds is 8. The minimum absolute atomic E-state index is 0.0140. The highest BCUT2D eigenvalue weighted by Gasteiger charge is 2.09. The van der Waals surface area contributed by atoms with Crippen LogP contribution in [0.2, 0.25) is 10.0 Å². The van der Waals surface area contributed by atoms with Crippen molar-refractivity contribution >= 4 is 35.2 Å². The summed E-state index contributed by atoms with van der Waals surface area (Å²) in [5.41, 5.74) is 2.44. The topological polar surface area (TPSA) is 71.3 Å². The first-order valence-electron chi connectivity index (χ1n) is 9.68. The molecule has 0 saturated carbocycles. The van der Waals surface area contributed by atoms with E-state index in [9.17, 15) is 10.1 Å². The Bertz CT molecular complexity index is 1150. The number of methoxy groups -OCH3 is 1. The van der Waals surface area contributed by atoms with Crippen LogP contribution in [0.25, 0.3) is 6.08 Å². The summed E-state index contributed by atoms with van der Waals surface area (Å²) < 4.78 is 10.9. The molecule has 0 unspecified atom stereocenters. The van der Waals surface area contributed by atoms with E-state index in [1.165, 1.54) is 6.08 Å². The van der Waals surface area contributed by atoms with Gasteiger partial charge in [-0.3, -0.25) is 4.79 Å². The van der Waals surface area contributed by atoms with Crippen LogP contribution in [0.4, 0.5) is 0 Å². The lowest BCUT2D eigenvalue weighted by Crippen LogP contribution is -2.23. The maximum atomic E-state index is 12.4. The third-order valence-corrected chi connectivity index (χ3v) is 5.16. The van der Waals surface area contributed by atoms with Gasteiger partial charge in [0.05, 0.1) is 7.11 Å². The summed E-state index contributed by atoms with van der Waals surface area (Å²) in [6.45, 7) is 0.601. The maximum absolute atomic E-state index is 12.4. The fraction of sp³-hybridized carbons (Fsp3) is 0.120. The highest BCUT2D eigenvalue weighted by atomic mass is 35.5. The second-order valence-electron chi connectivity index (χ2n) is 6.79. The molecule has 0 spiro atoms. The quantitative estimate of drug-likeness (QED) is 0.336. The lowest BCUT2D eigenvalue weighted by Gasteiger charge is -2.08. The van der Waals surface area contributed by atoms with E-state index in [1.54, 1.807) is 43.5 Å². The zero-order valence-electron chi connectivity index (χ0n) is 17.3. The number of carbonyl (C=O) groups excluding carboxylic acids is 1. The molecule has 3 rings (SSSR count). The van der Waals surface area contributed by atoms with E-state index in [-0.39, 0.29) is 5.57 Å². The average Bonchev–Trinajstić information content (AvgIpc) is 2.81. The van der Waals surface area contributed by atoms with Crippen LogP contribution in [0.15, 0.2) is 72.3 Å². The Balaban J connectivity index is 1.58. The monoisotopic (exact) mass is 466 g/mol. The van der Waals surface area contributed by atoms with E-state index in [1.807, 2.05) is 36.4 Å². The molecule has 7 heteroatoms. The van der Waals surface area contributed by atoms with Gasteiger partial charge in [0.15, 0.2) is 0 Å². The smallest absolute Gasteiger partial charge is 0.262 e. The van der Waals surface area contributed by atoms with Crippen LogP contribution < -0.4 is 14.8 Å². The number of nitriles is 1. The number of nitrogens with zero attached hydrogens (tertiary/aromatic N) is 1. The molecule has 0 aliphatic carbocycles. The summed E-state index contributed by atoms with van der Waals surface area (Å²) in [7, 11) is 1.59. The van der Waals surface area contributed by atoms with Gasteiger partial charge in [-0.05, 0) is 53.6 Å². The van der Waals surface area contributed by atoms with Gasteiger partial charge in [0.2, 0.25) is 0 Å². The molecule has 3 aromatic carbocycles. The second kappa shape index (κ2) is 11.2. The van der Waals surface area contributed by atoms with Gasteiger partial charge in [0.25, 0.3) is 5.91 Å². The summed E-state index contributed by atoms with van der Waals surface area (Å²) in [6, 6.07) is 21.6. The summed E-state index contributed by atoms with van der Waals surface area (Å²) in [5, 5.41) is 13.2. The molecule has 1 amide bonds. The Morgan fingerprint density at radius 3 is 2.34 bits per heavy atom. The van der Waals surface area contributed by atoms with Gasteiger partial charge in [-0.2, -0.15) is 5.26 Å². The molecule has 0 aromatic heterocycles. The molecular formula is C25H20Cl2N2O3. The minimum Gasteiger partial charge on any atom is -0.497 e. The molecule has 0 atom stereocenters. The molecule has 0 radical (unpaired) electrons. The molecule has 3 aromatic rings. The van der Waals surface area contributed by atoms with Crippen molar-refractivity contribution in [1.82, 2.24) is 5.32 Å². The van der Waals surface area contributed by atoms with Gasteiger partial charge in [-0.1, -0.05) is 53.5 Å². The summed E-state index contributed by atoms with van der Waals surface area (Å²) in [6.07, 6.45) is 1.53. The lowest BCUT2D eigenvalue weighted by atomic mass is 10.1. The largest absolute Gasteiger partial charge is 0.497 e. The average molecular weight is 467 g/mol. The standard InChI is InChI=1S/C25H20Cl2N2O3/c1-31-22-8-4-18(5-9-22)15-29-25(30)20(14-28)12-17-2-10-23(11-3-17)32-16-19-6-7-21(26)13-24(19)27/h2-13H,15-16H2,1H3,(H,29,30)/b20-12-. The predicted molar refractivity (Wildman–Crippen MR) is 126 cm³/mol. The fourth-order valence-corrected chi connectivity index (χ4v) is 3.26. The predicted octanol–water partition coefficient (Wildman–Crippen LogP) is 5.80. The normalized spacial score (nSPS) is 10.9. The van der Waals surface area contributed by atoms with Gasteiger partial charge < -0.3 is 14.8 Å². The van der Waals surface area contributed by atoms with E-state index in [0.29, 0.717) is 34.5 Å². The van der Waals surface area contributed by atoms with E-state index in [0.717, 1.165) is 16.9 Å². The molecule has 5 nitrogen and oxygen atoms in total. The number of benzene rings is 3. The van der Waals surface area contributed by atoms with Crippen molar-refractivity contribution in [3.63, 3.8) is 0 Å². The Morgan fingerprint density at radius 2 is 1.72 bits per heavy atom. The molecule has 0 saturated heterocycles. The van der Waals surface area contributed by atoms with Crippen LogP contribution in [0, 0.1) is 11.3 Å². The zero-order valence-corrected chi connectivity index (χ0v) is 18.8. The highest BCUT2D eigenvalue weighted by molar-refractivity contribution is 6.35. The summed E-state index contributed by atoms with van der Waals surface area (Å²) >= 11 is 12.1. The first-order chi connectivity index (χ1) is 15.5. The van der Waals surface area contributed by atoms with E-state index in [2.05, 4.69) is 5.32 Å². The summed E-state index contributed by atoms with van der Waals surface area (Å²) in [4.78, 5) is 12.4. The van der Waals surface area contributed by atoms with Crippen molar-refractivity contribution in [3.05, 3.63) is 99.0 Å².